The molecule has 1 saturated carbocycles. The van der Waals surface area contributed by atoms with Crippen molar-refractivity contribution < 1.29 is 9.90 Å². The maximum Gasteiger partial charge on any atom is 0.309 e. The number of rotatable bonds is 2. The highest BCUT2D eigenvalue weighted by Gasteiger charge is 2.45. The summed E-state index contributed by atoms with van der Waals surface area (Å²) in [5.74, 6) is -0.238. The van der Waals surface area contributed by atoms with E-state index in [2.05, 4.69) is 0 Å². The lowest BCUT2D eigenvalue weighted by atomic mass is 9.63. The second-order valence-electron chi connectivity index (χ2n) is 3.38. The molecule has 3 nitrogen and oxygen atoms in total. The summed E-state index contributed by atoms with van der Waals surface area (Å²) in [6.07, 6.45) is 1.50. The predicted molar refractivity (Wildman–Crippen MR) is 37.5 cm³/mol. The standard InChI is InChI=1S/C7H13NO2/c1-7(6(9)10)2-5(3-7)4-8/h5H,2-4,8H2,1H3,(H,9,10). The summed E-state index contributed by atoms with van der Waals surface area (Å²) in [4.78, 5) is 10.5. The van der Waals surface area contributed by atoms with E-state index < -0.39 is 11.4 Å². The zero-order chi connectivity index (χ0) is 7.78. The third-order valence-corrected chi connectivity index (χ3v) is 2.33. The minimum absolute atomic E-state index is 0.445. The van der Waals surface area contributed by atoms with E-state index in [1.165, 1.54) is 0 Å². The highest BCUT2D eigenvalue weighted by atomic mass is 16.4. The van der Waals surface area contributed by atoms with Crippen molar-refractivity contribution in [1.29, 1.82) is 0 Å². The summed E-state index contributed by atoms with van der Waals surface area (Å²) in [5, 5.41) is 8.66. The van der Waals surface area contributed by atoms with Crippen LogP contribution in [-0.4, -0.2) is 17.6 Å². The first-order valence-electron chi connectivity index (χ1n) is 3.52. The van der Waals surface area contributed by atoms with Gasteiger partial charge in [-0.15, -0.1) is 0 Å². The van der Waals surface area contributed by atoms with Gasteiger partial charge in [-0.1, -0.05) is 0 Å². The molecule has 3 heteroatoms. The average molecular weight is 143 g/mol. The molecule has 1 aliphatic rings. The van der Waals surface area contributed by atoms with Crippen LogP contribution < -0.4 is 5.73 Å². The van der Waals surface area contributed by atoms with Gasteiger partial charge in [0, 0.05) is 0 Å². The Balaban J connectivity index is 2.42. The van der Waals surface area contributed by atoms with E-state index in [1.807, 2.05) is 0 Å². The Kier molecular flexibility index (Phi) is 1.68. The van der Waals surface area contributed by atoms with Crippen LogP contribution in [0.5, 0.6) is 0 Å². The summed E-state index contributed by atoms with van der Waals surface area (Å²) in [7, 11) is 0. The molecule has 0 heterocycles. The summed E-state index contributed by atoms with van der Waals surface area (Å²) in [5.41, 5.74) is 4.89. The van der Waals surface area contributed by atoms with Gasteiger partial charge in [0.05, 0.1) is 5.41 Å². The highest BCUT2D eigenvalue weighted by molar-refractivity contribution is 5.75. The monoisotopic (exact) mass is 143 g/mol. The van der Waals surface area contributed by atoms with Crippen LogP contribution in [0.3, 0.4) is 0 Å². The van der Waals surface area contributed by atoms with Crippen molar-refractivity contribution >= 4 is 5.97 Å². The van der Waals surface area contributed by atoms with E-state index in [9.17, 15) is 4.79 Å². The van der Waals surface area contributed by atoms with Gasteiger partial charge in [-0.3, -0.25) is 4.79 Å². The SMILES string of the molecule is CC1(C(=O)O)CC(CN)C1. The molecular weight excluding hydrogens is 130 g/mol. The maximum absolute atomic E-state index is 10.5. The molecule has 0 aromatic carbocycles. The quantitative estimate of drug-likeness (QED) is 0.589. The largest absolute Gasteiger partial charge is 0.481 e. The Labute approximate surface area is 60.2 Å². The van der Waals surface area contributed by atoms with Gasteiger partial charge in [0.15, 0.2) is 0 Å². The molecule has 1 fully saturated rings. The van der Waals surface area contributed by atoms with Gasteiger partial charge in [-0.2, -0.15) is 0 Å². The average Bonchev–Trinajstić information content (AvgIpc) is 1.80. The third-order valence-electron chi connectivity index (χ3n) is 2.33. The Morgan fingerprint density at radius 3 is 2.60 bits per heavy atom. The van der Waals surface area contributed by atoms with Gasteiger partial charge in [0.1, 0.15) is 0 Å². The molecule has 0 amide bonds. The molecule has 0 saturated heterocycles. The van der Waals surface area contributed by atoms with E-state index in [-0.39, 0.29) is 0 Å². The molecule has 58 valence electrons. The van der Waals surface area contributed by atoms with Crippen molar-refractivity contribution in [2.24, 2.45) is 17.1 Å². The summed E-state index contributed by atoms with van der Waals surface area (Å²) < 4.78 is 0. The Morgan fingerprint density at radius 1 is 1.80 bits per heavy atom. The van der Waals surface area contributed by atoms with Gasteiger partial charge in [-0.25, -0.2) is 0 Å². The van der Waals surface area contributed by atoms with Crippen molar-refractivity contribution in [2.75, 3.05) is 6.54 Å². The van der Waals surface area contributed by atoms with Crippen molar-refractivity contribution in [3.63, 3.8) is 0 Å². The first-order chi connectivity index (χ1) is 4.58. The molecule has 1 aliphatic carbocycles. The zero-order valence-corrected chi connectivity index (χ0v) is 6.13. The number of carboxylic acids is 1. The van der Waals surface area contributed by atoms with E-state index >= 15 is 0 Å². The van der Waals surface area contributed by atoms with E-state index in [0.717, 1.165) is 12.8 Å². The van der Waals surface area contributed by atoms with E-state index in [4.69, 9.17) is 10.8 Å². The smallest absolute Gasteiger partial charge is 0.309 e. The number of carboxylic acid groups (broad SMARTS) is 1. The molecular formula is C7H13NO2. The van der Waals surface area contributed by atoms with Crippen molar-refractivity contribution in [3.05, 3.63) is 0 Å². The van der Waals surface area contributed by atoms with Crippen LogP contribution in [0.2, 0.25) is 0 Å². The number of aliphatic carboxylic acids is 1. The van der Waals surface area contributed by atoms with Crippen molar-refractivity contribution in [1.82, 2.24) is 0 Å². The van der Waals surface area contributed by atoms with Crippen LogP contribution >= 0.6 is 0 Å². The fraction of sp³-hybridized carbons (Fsp3) is 0.857. The van der Waals surface area contributed by atoms with Gasteiger partial charge < -0.3 is 10.8 Å². The number of hydrogen-bond acceptors (Lipinski definition) is 2. The number of hydrogen-bond donors (Lipinski definition) is 2. The molecule has 0 aliphatic heterocycles. The molecule has 0 aromatic heterocycles. The van der Waals surface area contributed by atoms with Crippen LogP contribution in [0.25, 0.3) is 0 Å². The molecule has 0 bridgehead atoms. The lowest BCUT2D eigenvalue weighted by molar-refractivity contribution is -0.156. The van der Waals surface area contributed by atoms with Crippen LogP contribution in [0.15, 0.2) is 0 Å². The van der Waals surface area contributed by atoms with Crippen LogP contribution in [0.1, 0.15) is 19.8 Å². The van der Waals surface area contributed by atoms with Crippen LogP contribution in [-0.2, 0) is 4.79 Å². The number of nitrogens with two attached hydrogens (primary N) is 1. The first-order valence-corrected chi connectivity index (χ1v) is 3.52. The van der Waals surface area contributed by atoms with Gasteiger partial charge >= 0.3 is 5.97 Å². The van der Waals surface area contributed by atoms with Crippen LogP contribution in [0, 0.1) is 11.3 Å². The zero-order valence-electron chi connectivity index (χ0n) is 6.13. The Bertz CT molecular complexity index is 150. The molecule has 0 spiro atoms. The minimum Gasteiger partial charge on any atom is -0.481 e. The number of carbonyl (C=O) groups is 1. The second-order valence-corrected chi connectivity index (χ2v) is 3.38. The van der Waals surface area contributed by atoms with E-state index in [1.54, 1.807) is 6.92 Å². The van der Waals surface area contributed by atoms with Gasteiger partial charge in [0.25, 0.3) is 0 Å². The maximum atomic E-state index is 10.5. The highest BCUT2D eigenvalue weighted by Crippen LogP contribution is 2.44. The van der Waals surface area contributed by atoms with E-state index in [0.29, 0.717) is 12.5 Å². The summed E-state index contributed by atoms with van der Waals surface area (Å²) in [6.45, 7) is 2.41. The topological polar surface area (TPSA) is 63.3 Å². The normalized spacial score (nSPS) is 38.8. The molecule has 10 heavy (non-hydrogen) atoms. The summed E-state index contributed by atoms with van der Waals surface area (Å²) >= 11 is 0. The first kappa shape index (κ1) is 7.54. The summed E-state index contributed by atoms with van der Waals surface area (Å²) in [6, 6.07) is 0. The molecule has 3 N–H and O–H groups in total. The molecule has 0 radical (unpaired) electrons. The molecule has 0 atom stereocenters. The fourth-order valence-corrected chi connectivity index (χ4v) is 1.56. The molecule has 0 aromatic rings. The van der Waals surface area contributed by atoms with Crippen molar-refractivity contribution in [3.8, 4) is 0 Å². The third kappa shape index (κ3) is 1.01. The van der Waals surface area contributed by atoms with Crippen LogP contribution in [0.4, 0.5) is 0 Å². The Hall–Kier alpha value is -0.570. The van der Waals surface area contributed by atoms with Gasteiger partial charge in [-0.05, 0) is 32.2 Å². The van der Waals surface area contributed by atoms with Crippen molar-refractivity contribution in [2.45, 2.75) is 19.8 Å². The lowest BCUT2D eigenvalue weighted by Gasteiger charge is -2.41. The predicted octanol–water partition coefficient (Wildman–Crippen LogP) is 0.446. The fourth-order valence-electron chi connectivity index (χ4n) is 1.56. The lowest BCUT2D eigenvalue weighted by Crippen LogP contribution is -2.44. The minimum atomic E-state index is -0.683. The van der Waals surface area contributed by atoms with Gasteiger partial charge in [0.2, 0.25) is 0 Å². The Morgan fingerprint density at radius 2 is 2.30 bits per heavy atom. The second kappa shape index (κ2) is 2.23. The molecule has 0 unspecified atom stereocenters. The molecule has 1 rings (SSSR count).